The average molecular weight is 512 g/mol. The molecule has 0 bridgehead atoms. The average Bonchev–Trinajstić information content (AvgIpc) is 3.39. The maximum absolute atomic E-state index is 13.1. The largest absolute Gasteiger partial charge is 0.461 e. The second-order valence-corrected chi connectivity index (χ2v) is 9.93. The maximum atomic E-state index is 13.1. The number of pyridine rings is 1. The number of aromatic amines is 1. The molecule has 3 unspecified atom stereocenters. The SMILES string of the molecule is C#CC(C)/C(=C\C=C/CC)c1nc[nH]c1-c1ccc2nccc(C(=O)OCCN3CC(C)NC(C)C3)c2c1. The van der Waals surface area contributed by atoms with Gasteiger partial charge >= 0.3 is 5.97 Å². The highest BCUT2D eigenvalue weighted by Crippen LogP contribution is 2.32. The van der Waals surface area contributed by atoms with Gasteiger partial charge in [-0.3, -0.25) is 9.88 Å². The molecule has 1 aromatic carbocycles. The zero-order valence-electron chi connectivity index (χ0n) is 22.7. The molecule has 0 radical (unpaired) electrons. The van der Waals surface area contributed by atoms with Crippen LogP contribution >= 0.6 is 0 Å². The highest BCUT2D eigenvalue weighted by atomic mass is 16.5. The number of benzene rings is 1. The van der Waals surface area contributed by atoms with Gasteiger partial charge in [0.05, 0.1) is 28.8 Å². The highest BCUT2D eigenvalue weighted by molar-refractivity contribution is 6.04. The second-order valence-electron chi connectivity index (χ2n) is 9.93. The fraction of sp³-hybridized carbons (Fsp3) is 0.387. The van der Waals surface area contributed by atoms with Crippen molar-refractivity contribution >= 4 is 22.4 Å². The van der Waals surface area contributed by atoms with Gasteiger partial charge in [-0.1, -0.05) is 37.1 Å². The highest BCUT2D eigenvalue weighted by Gasteiger charge is 2.22. The van der Waals surface area contributed by atoms with Crippen molar-refractivity contribution in [1.82, 2.24) is 25.2 Å². The van der Waals surface area contributed by atoms with Gasteiger partial charge in [-0.15, -0.1) is 6.42 Å². The molecule has 1 fully saturated rings. The number of esters is 1. The molecule has 1 saturated heterocycles. The van der Waals surface area contributed by atoms with E-state index >= 15 is 0 Å². The Morgan fingerprint density at radius 2 is 2.05 bits per heavy atom. The number of fused-ring (bicyclic) bond motifs is 1. The van der Waals surface area contributed by atoms with E-state index in [4.69, 9.17) is 11.2 Å². The van der Waals surface area contributed by atoms with Crippen LogP contribution in [0.1, 0.15) is 50.2 Å². The molecule has 0 aliphatic carbocycles. The van der Waals surface area contributed by atoms with Crippen molar-refractivity contribution in [2.75, 3.05) is 26.2 Å². The first-order valence-electron chi connectivity index (χ1n) is 13.3. The zero-order valence-corrected chi connectivity index (χ0v) is 22.7. The van der Waals surface area contributed by atoms with Crippen LogP contribution in [0.4, 0.5) is 0 Å². The Kier molecular flexibility index (Phi) is 9.11. The van der Waals surface area contributed by atoms with Crippen molar-refractivity contribution in [1.29, 1.82) is 0 Å². The zero-order chi connectivity index (χ0) is 27.1. The number of H-pyrrole nitrogens is 1. The number of rotatable bonds is 9. The van der Waals surface area contributed by atoms with Crippen molar-refractivity contribution < 1.29 is 9.53 Å². The molecule has 2 aromatic heterocycles. The predicted molar refractivity (Wildman–Crippen MR) is 154 cm³/mol. The molecule has 1 aliphatic heterocycles. The van der Waals surface area contributed by atoms with Crippen molar-refractivity contribution in [3.63, 3.8) is 0 Å². The minimum absolute atomic E-state index is 0.118. The first-order chi connectivity index (χ1) is 18.4. The van der Waals surface area contributed by atoms with E-state index in [1.807, 2.05) is 37.3 Å². The van der Waals surface area contributed by atoms with Gasteiger partial charge in [0.15, 0.2) is 0 Å². The van der Waals surface area contributed by atoms with E-state index in [0.29, 0.717) is 30.8 Å². The fourth-order valence-corrected chi connectivity index (χ4v) is 5.01. The van der Waals surface area contributed by atoms with E-state index in [1.165, 1.54) is 0 Å². The van der Waals surface area contributed by atoms with Crippen LogP contribution in [-0.2, 0) is 4.74 Å². The van der Waals surface area contributed by atoms with E-state index in [1.54, 1.807) is 18.6 Å². The molecular formula is C31H37N5O2. The van der Waals surface area contributed by atoms with Crippen LogP contribution in [0.3, 0.4) is 0 Å². The lowest BCUT2D eigenvalue weighted by atomic mass is 9.94. The first kappa shape index (κ1) is 27.3. The lowest BCUT2D eigenvalue weighted by Gasteiger charge is -2.35. The number of carbonyl (C=O) groups is 1. The number of imidazole rings is 1. The van der Waals surface area contributed by atoms with Gasteiger partial charge in [-0.05, 0) is 51.0 Å². The van der Waals surface area contributed by atoms with Crippen LogP contribution in [0.2, 0.25) is 0 Å². The molecule has 0 amide bonds. The molecule has 3 aromatic rings. The van der Waals surface area contributed by atoms with E-state index in [-0.39, 0.29) is 11.9 Å². The second kappa shape index (κ2) is 12.7. The molecule has 3 heterocycles. The molecular weight excluding hydrogens is 474 g/mol. The molecule has 198 valence electrons. The molecule has 2 N–H and O–H groups in total. The third-order valence-electron chi connectivity index (χ3n) is 6.80. The number of hydrogen-bond acceptors (Lipinski definition) is 6. The molecule has 7 heteroatoms. The Morgan fingerprint density at radius 1 is 1.26 bits per heavy atom. The summed E-state index contributed by atoms with van der Waals surface area (Å²) < 4.78 is 5.72. The number of terminal acetylenes is 1. The quantitative estimate of drug-likeness (QED) is 0.237. The van der Waals surface area contributed by atoms with Gasteiger partial charge in [-0.2, -0.15) is 0 Å². The molecule has 3 atom stereocenters. The topological polar surface area (TPSA) is 83.1 Å². The number of allylic oxidation sites excluding steroid dienone is 4. The summed E-state index contributed by atoms with van der Waals surface area (Å²) in [4.78, 5) is 27.8. The third kappa shape index (κ3) is 6.39. The maximum Gasteiger partial charge on any atom is 0.338 e. The van der Waals surface area contributed by atoms with E-state index in [9.17, 15) is 4.79 Å². The number of carbonyl (C=O) groups excluding carboxylic acids is 1. The normalized spacial score (nSPS) is 19.5. The summed E-state index contributed by atoms with van der Waals surface area (Å²) in [5, 5.41) is 4.26. The van der Waals surface area contributed by atoms with Gasteiger partial charge in [0.1, 0.15) is 6.61 Å². The smallest absolute Gasteiger partial charge is 0.338 e. The molecule has 38 heavy (non-hydrogen) atoms. The monoisotopic (exact) mass is 511 g/mol. The lowest BCUT2D eigenvalue weighted by Crippen LogP contribution is -2.54. The molecule has 1 aliphatic rings. The molecule has 4 rings (SSSR count). The third-order valence-corrected chi connectivity index (χ3v) is 6.80. The molecule has 0 spiro atoms. The molecule has 0 saturated carbocycles. The summed E-state index contributed by atoms with van der Waals surface area (Å²) >= 11 is 0. The van der Waals surface area contributed by atoms with Crippen LogP contribution < -0.4 is 5.32 Å². The van der Waals surface area contributed by atoms with Gasteiger partial charge in [0, 0.05) is 54.8 Å². The summed E-state index contributed by atoms with van der Waals surface area (Å²) in [5.74, 6) is 2.36. The van der Waals surface area contributed by atoms with Gasteiger partial charge < -0.3 is 15.0 Å². The number of piperazine rings is 1. The van der Waals surface area contributed by atoms with E-state index in [2.05, 4.69) is 57.9 Å². The lowest BCUT2D eigenvalue weighted by molar-refractivity contribution is 0.0438. The Hall–Kier alpha value is -3.73. The van der Waals surface area contributed by atoms with Crippen molar-refractivity contribution in [2.24, 2.45) is 5.92 Å². The minimum atomic E-state index is -0.346. The summed E-state index contributed by atoms with van der Waals surface area (Å²) in [6.45, 7) is 11.4. The van der Waals surface area contributed by atoms with Crippen LogP contribution in [-0.4, -0.2) is 64.1 Å². The summed E-state index contributed by atoms with van der Waals surface area (Å²) in [6, 6.07) is 8.43. The Balaban J connectivity index is 1.59. The first-order valence-corrected chi connectivity index (χ1v) is 13.3. The summed E-state index contributed by atoms with van der Waals surface area (Å²) in [7, 11) is 0. The van der Waals surface area contributed by atoms with Crippen LogP contribution in [0.25, 0.3) is 27.7 Å². The van der Waals surface area contributed by atoms with Gasteiger partial charge in [-0.25, -0.2) is 9.78 Å². The van der Waals surface area contributed by atoms with E-state index < -0.39 is 0 Å². The minimum Gasteiger partial charge on any atom is -0.461 e. The van der Waals surface area contributed by atoms with Crippen molar-refractivity contribution in [2.45, 2.75) is 46.2 Å². The van der Waals surface area contributed by atoms with Crippen LogP contribution in [0.5, 0.6) is 0 Å². The number of nitrogens with zero attached hydrogens (tertiary/aromatic N) is 3. The summed E-state index contributed by atoms with van der Waals surface area (Å²) in [6.07, 6.45) is 16.2. The number of nitrogens with one attached hydrogen (secondary N) is 2. The molecule has 7 nitrogen and oxygen atoms in total. The van der Waals surface area contributed by atoms with Gasteiger partial charge in [0.2, 0.25) is 0 Å². The number of aromatic nitrogens is 3. The van der Waals surface area contributed by atoms with Crippen LogP contribution in [0, 0.1) is 18.3 Å². The number of hydrogen-bond donors (Lipinski definition) is 2. The number of ether oxygens (including phenoxy) is 1. The van der Waals surface area contributed by atoms with E-state index in [0.717, 1.165) is 52.9 Å². The van der Waals surface area contributed by atoms with Gasteiger partial charge in [0.25, 0.3) is 0 Å². The standard InChI is InChI=1S/C31H37N5O2/c1-6-8-9-10-25(21(3)7-2)30-29(33-20-34-30)24-11-12-28-27(17-24)26(13-14-32-28)31(37)38-16-15-36-18-22(4)35-23(5)19-36/h2,8-14,17,20-23,35H,6,15-16,18-19H2,1,3-5H3,(H,33,34)/b9-8-,25-10+. The Morgan fingerprint density at radius 3 is 2.79 bits per heavy atom. The predicted octanol–water partition coefficient (Wildman–Crippen LogP) is 5.08. The fourth-order valence-electron chi connectivity index (χ4n) is 5.01. The van der Waals surface area contributed by atoms with Crippen molar-refractivity contribution in [3.8, 4) is 23.6 Å². The summed E-state index contributed by atoms with van der Waals surface area (Å²) in [5.41, 5.74) is 4.71. The van der Waals surface area contributed by atoms with Crippen LogP contribution in [0.15, 0.2) is 55.0 Å². The Labute approximate surface area is 225 Å². The van der Waals surface area contributed by atoms with Crippen molar-refractivity contribution in [3.05, 3.63) is 66.3 Å². The Bertz CT molecular complexity index is 1360.